The van der Waals surface area contributed by atoms with Gasteiger partial charge in [0.1, 0.15) is 5.75 Å². The predicted octanol–water partition coefficient (Wildman–Crippen LogP) is 2.31. The standard InChI is InChI=1S/C15H21NO2/c1-10-6-8-17-14(10)13(16-2)12-5-3-4-11-7-9-18-15(11)12/h3-5,10,13-14,16H,6-9H2,1-2H3. The molecule has 1 saturated heterocycles. The largest absolute Gasteiger partial charge is 0.493 e. The van der Waals surface area contributed by atoms with Gasteiger partial charge in [0, 0.05) is 18.6 Å². The van der Waals surface area contributed by atoms with Gasteiger partial charge in [-0.25, -0.2) is 0 Å². The minimum Gasteiger partial charge on any atom is -0.493 e. The minimum absolute atomic E-state index is 0.232. The molecule has 3 heteroatoms. The molecule has 1 aromatic rings. The lowest BCUT2D eigenvalue weighted by Crippen LogP contribution is -2.32. The third-order valence-electron chi connectivity index (χ3n) is 4.16. The number of rotatable bonds is 3. The van der Waals surface area contributed by atoms with Gasteiger partial charge in [0.15, 0.2) is 0 Å². The van der Waals surface area contributed by atoms with Gasteiger partial charge in [-0.1, -0.05) is 25.1 Å². The molecule has 0 aliphatic carbocycles. The van der Waals surface area contributed by atoms with Crippen molar-refractivity contribution in [3.63, 3.8) is 0 Å². The molecule has 0 amide bonds. The van der Waals surface area contributed by atoms with E-state index in [0.29, 0.717) is 5.92 Å². The van der Waals surface area contributed by atoms with E-state index in [4.69, 9.17) is 9.47 Å². The molecule has 0 aromatic heterocycles. The zero-order valence-corrected chi connectivity index (χ0v) is 11.1. The maximum absolute atomic E-state index is 5.91. The van der Waals surface area contributed by atoms with Crippen molar-refractivity contribution < 1.29 is 9.47 Å². The first-order chi connectivity index (χ1) is 8.81. The summed E-state index contributed by atoms with van der Waals surface area (Å²) in [5, 5.41) is 3.42. The predicted molar refractivity (Wildman–Crippen MR) is 71.0 cm³/mol. The lowest BCUT2D eigenvalue weighted by Gasteiger charge is -2.27. The summed E-state index contributed by atoms with van der Waals surface area (Å²) in [5.74, 6) is 1.68. The van der Waals surface area contributed by atoms with Gasteiger partial charge in [0.05, 0.1) is 18.8 Å². The van der Waals surface area contributed by atoms with Crippen LogP contribution >= 0.6 is 0 Å². The molecule has 2 aliphatic rings. The third kappa shape index (κ3) is 1.91. The molecule has 0 bridgehead atoms. The number of nitrogens with one attached hydrogen (secondary N) is 1. The van der Waals surface area contributed by atoms with Crippen molar-refractivity contribution in [1.82, 2.24) is 5.32 Å². The van der Waals surface area contributed by atoms with Crippen LogP contribution in [0.25, 0.3) is 0 Å². The minimum atomic E-state index is 0.232. The molecule has 3 rings (SSSR count). The van der Waals surface area contributed by atoms with Gasteiger partial charge in [-0.3, -0.25) is 0 Å². The van der Waals surface area contributed by atoms with E-state index in [9.17, 15) is 0 Å². The monoisotopic (exact) mass is 247 g/mol. The second kappa shape index (κ2) is 4.90. The van der Waals surface area contributed by atoms with E-state index in [1.165, 1.54) is 11.1 Å². The van der Waals surface area contributed by atoms with E-state index < -0.39 is 0 Å². The summed E-state index contributed by atoms with van der Waals surface area (Å²) >= 11 is 0. The van der Waals surface area contributed by atoms with Crippen LogP contribution in [0.5, 0.6) is 5.75 Å². The molecule has 0 saturated carbocycles. The zero-order chi connectivity index (χ0) is 12.5. The number of benzene rings is 1. The Hall–Kier alpha value is -1.06. The van der Waals surface area contributed by atoms with Crippen LogP contribution in [0.2, 0.25) is 0 Å². The Morgan fingerprint density at radius 3 is 2.94 bits per heavy atom. The molecule has 3 nitrogen and oxygen atoms in total. The molecule has 1 N–H and O–H groups in total. The van der Waals surface area contributed by atoms with Gasteiger partial charge in [-0.15, -0.1) is 0 Å². The molecule has 3 unspecified atom stereocenters. The molecule has 3 atom stereocenters. The first kappa shape index (κ1) is 12.0. The van der Waals surface area contributed by atoms with Crippen LogP contribution in [-0.2, 0) is 11.2 Å². The first-order valence-electron chi connectivity index (χ1n) is 6.84. The first-order valence-corrected chi connectivity index (χ1v) is 6.84. The highest BCUT2D eigenvalue weighted by Gasteiger charge is 2.34. The Morgan fingerprint density at radius 1 is 1.33 bits per heavy atom. The van der Waals surface area contributed by atoms with Gasteiger partial charge in [0.25, 0.3) is 0 Å². The molecule has 0 spiro atoms. The van der Waals surface area contributed by atoms with E-state index in [0.717, 1.165) is 31.8 Å². The van der Waals surface area contributed by atoms with Gasteiger partial charge < -0.3 is 14.8 Å². The van der Waals surface area contributed by atoms with E-state index in [2.05, 4.69) is 30.4 Å². The van der Waals surface area contributed by atoms with Crippen molar-refractivity contribution >= 4 is 0 Å². The van der Waals surface area contributed by atoms with Crippen molar-refractivity contribution in [3.05, 3.63) is 29.3 Å². The Balaban J connectivity index is 1.94. The van der Waals surface area contributed by atoms with Gasteiger partial charge in [-0.05, 0) is 24.9 Å². The molecule has 1 fully saturated rings. The second-order valence-electron chi connectivity index (χ2n) is 5.30. The van der Waals surface area contributed by atoms with Crippen LogP contribution in [0, 0.1) is 5.92 Å². The molecular weight excluding hydrogens is 226 g/mol. The SMILES string of the molecule is CNC(c1cccc2c1OCC2)C1OCCC1C. The third-order valence-corrected chi connectivity index (χ3v) is 4.16. The number of likely N-dealkylation sites (N-methyl/N-ethyl adjacent to an activating group) is 1. The van der Waals surface area contributed by atoms with Crippen LogP contribution in [0.3, 0.4) is 0 Å². The molecule has 98 valence electrons. The number of hydrogen-bond acceptors (Lipinski definition) is 3. The maximum atomic E-state index is 5.91. The normalized spacial score (nSPS) is 27.9. The van der Waals surface area contributed by atoms with Crippen LogP contribution in [0.4, 0.5) is 0 Å². The molecule has 1 aromatic carbocycles. The number of para-hydroxylation sites is 1. The van der Waals surface area contributed by atoms with Crippen molar-refractivity contribution in [2.75, 3.05) is 20.3 Å². The smallest absolute Gasteiger partial charge is 0.127 e. The average molecular weight is 247 g/mol. The van der Waals surface area contributed by atoms with Gasteiger partial charge in [0.2, 0.25) is 0 Å². The summed E-state index contributed by atoms with van der Waals surface area (Å²) in [4.78, 5) is 0. The number of hydrogen-bond donors (Lipinski definition) is 1. The lowest BCUT2D eigenvalue weighted by atomic mass is 9.91. The van der Waals surface area contributed by atoms with E-state index in [1.807, 2.05) is 7.05 Å². The number of ether oxygens (including phenoxy) is 2. The fraction of sp³-hybridized carbons (Fsp3) is 0.600. The quantitative estimate of drug-likeness (QED) is 0.889. The lowest BCUT2D eigenvalue weighted by molar-refractivity contribution is 0.0623. The van der Waals surface area contributed by atoms with Crippen LogP contribution in [0.1, 0.15) is 30.5 Å². The summed E-state index contributed by atoms with van der Waals surface area (Å²) in [7, 11) is 2.01. The van der Waals surface area contributed by atoms with E-state index in [1.54, 1.807) is 0 Å². The summed E-state index contributed by atoms with van der Waals surface area (Å²) in [6, 6.07) is 6.69. The van der Waals surface area contributed by atoms with Crippen molar-refractivity contribution in [1.29, 1.82) is 0 Å². The summed E-state index contributed by atoms with van der Waals surface area (Å²) in [6.07, 6.45) is 2.44. The van der Waals surface area contributed by atoms with Crippen molar-refractivity contribution in [2.24, 2.45) is 5.92 Å². The van der Waals surface area contributed by atoms with Gasteiger partial charge in [-0.2, -0.15) is 0 Å². The van der Waals surface area contributed by atoms with E-state index in [-0.39, 0.29) is 12.1 Å². The second-order valence-corrected chi connectivity index (χ2v) is 5.30. The molecule has 2 aliphatic heterocycles. The molecule has 18 heavy (non-hydrogen) atoms. The highest BCUT2D eigenvalue weighted by Crippen LogP contribution is 2.38. The fourth-order valence-electron chi connectivity index (χ4n) is 3.13. The highest BCUT2D eigenvalue weighted by atomic mass is 16.5. The Kier molecular flexibility index (Phi) is 3.27. The van der Waals surface area contributed by atoms with E-state index >= 15 is 0 Å². The Morgan fingerprint density at radius 2 is 2.22 bits per heavy atom. The maximum Gasteiger partial charge on any atom is 0.127 e. The zero-order valence-electron chi connectivity index (χ0n) is 11.1. The van der Waals surface area contributed by atoms with Crippen molar-refractivity contribution in [3.8, 4) is 5.75 Å². The van der Waals surface area contributed by atoms with Crippen molar-refractivity contribution in [2.45, 2.75) is 31.9 Å². The van der Waals surface area contributed by atoms with Crippen LogP contribution < -0.4 is 10.1 Å². The summed E-state index contributed by atoms with van der Waals surface area (Å²) in [6.45, 7) is 3.95. The molecule has 0 radical (unpaired) electrons. The summed E-state index contributed by atoms with van der Waals surface area (Å²) in [5.41, 5.74) is 2.59. The average Bonchev–Trinajstić information content (AvgIpc) is 3.00. The Labute approximate surface area is 108 Å². The topological polar surface area (TPSA) is 30.5 Å². The highest BCUT2D eigenvalue weighted by molar-refractivity contribution is 5.46. The summed E-state index contributed by atoms with van der Waals surface area (Å²) < 4.78 is 11.7. The fourth-order valence-corrected chi connectivity index (χ4v) is 3.13. The molecule has 2 heterocycles. The molecular formula is C15H21NO2. The Bertz CT molecular complexity index is 433. The van der Waals surface area contributed by atoms with Gasteiger partial charge >= 0.3 is 0 Å². The van der Waals surface area contributed by atoms with Crippen LogP contribution in [-0.4, -0.2) is 26.4 Å². The number of fused-ring (bicyclic) bond motifs is 1. The van der Waals surface area contributed by atoms with Crippen LogP contribution in [0.15, 0.2) is 18.2 Å².